The number of likely N-dealkylation sites (N-methyl/N-ethyl adjacent to an activating group) is 2. The lowest BCUT2D eigenvalue weighted by Crippen LogP contribution is -2.46. The minimum Gasteiger partial charge on any atom is -0.468 e. The highest BCUT2D eigenvalue weighted by molar-refractivity contribution is 5.74. The molecule has 0 spiro atoms. The number of furan rings is 1. The van der Waals surface area contributed by atoms with Crippen LogP contribution in [0.4, 0.5) is 4.79 Å². The first kappa shape index (κ1) is 19.5. The fourth-order valence-corrected chi connectivity index (χ4v) is 2.35. The topological polar surface area (TPSA) is 52.0 Å². The Kier molecular flexibility index (Phi) is 8.12. The Morgan fingerprint density at radius 3 is 2.39 bits per heavy atom. The molecule has 0 aliphatic carbocycles. The van der Waals surface area contributed by atoms with E-state index in [2.05, 4.69) is 24.1 Å². The molecule has 0 aromatic carbocycles. The van der Waals surface area contributed by atoms with Gasteiger partial charge in [0.1, 0.15) is 5.76 Å². The summed E-state index contributed by atoms with van der Waals surface area (Å²) in [7, 11) is 8.00. The standard InChI is InChI=1S/C17H32N4O2/c1-14(2)13-21(10-9-19(3)4)17(22)18-12-15(20(5)6)16-8-7-11-23-16/h7-8,11,14-15H,9-10,12-13H2,1-6H3,(H,18,22). The average Bonchev–Trinajstić information content (AvgIpc) is 2.96. The number of hydrogen-bond donors (Lipinski definition) is 1. The van der Waals surface area contributed by atoms with Gasteiger partial charge in [-0.2, -0.15) is 0 Å². The molecule has 6 heteroatoms. The van der Waals surface area contributed by atoms with Crippen LogP contribution >= 0.6 is 0 Å². The van der Waals surface area contributed by atoms with Gasteiger partial charge < -0.3 is 19.5 Å². The van der Waals surface area contributed by atoms with Crippen LogP contribution in [-0.4, -0.2) is 75.1 Å². The summed E-state index contributed by atoms with van der Waals surface area (Å²) in [6, 6.07) is 3.83. The molecule has 2 amide bonds. The summed E-state index contributed by atoms with van der Waals surface area (Å²) < 4.78 is 5.48. The van der Waals surface area contributed by atoms with Crippen LogP contribution in [0.3, 0.4) is 0 Å². The zero-order chi connectivity index (χ0) is 17.4. The molecule has 1 atom stereocenters. The zero-order valence-corrected chi connectivity index (χ0v) is 15.4. The molecule has 6 nitrogen and oxygen atoms in total. The maximum atomic E-state index is 12.5. The molecule has 1 heterocycles. The lowest BCUT2D eigenvalue weighted by molar-refractivity contribution is 0.177. The van der Waals surface area contributed by atoms with E-state index in [0.717, 1.165) is 25.4 Å². The van der Waals surface area contributed by atoms with Crippen molar-refractivity contribution >= 4 is 6.03 Å². The van der Waals surface area contributed by atoms with Crippen molar-refractivity contribution in [1.29, 1.82) is 0 Å². The molecular weight excluding hydrogens is 292 g/mol. The molecule has 1 aromatic rings. The summed E-state index contributed by atoms with van der Waals surface area (Å²) >= 11 is 0. The Balaban J connectivity index is 2.61. The number of hydrogen-bond acceptors (Lipinski definition) is 4. The van der Waals surface area contributed by atoms with Crippen LogP contribution < -0.4 is 5.32 Å². The fraction of sp³-hybridized carbons (Fsp3) is 0.706. The van der Waals surface area contributed by atoms with E-state index < -0.39 is 0 Å². The van der Waals surface area contributed by atoms with Crippen molar-refractivity contribution in [2.45, 2.75) is 19.9 Å². The summed E-state index contributed by atoms with van der Waals surface area (Å²) in [6.45, 7) is 7.12. The molecule has 0 bridgehead atoms. The maximum Gasteiger partial charge on any atom is 0.317 e. The lowest BCUT2D eigenvalue weighted by atomic mass is 10.2. The number of carbonyl (C=O) groups is 1. The maximum absolute atomic E-state index is 12.5. The molecule has 1 rings (SSSR count). The number of nitrogens with zero attached hydrogens (tertiary/aromatic N) is 3. The Bertz CT molecular complexity index is 443. The number of amides is 2. The fourth-order valence-electron chi connectivity index (χ4n) is 2.35. The smallest absolute Gasteiger partial charge is 0.317 e. The van der Waals surface area contributed by atoms with E-state index in [0.29, 0.717) is 12.5 Å². The summed E-state index contributed by atoms with van der Waals surface area (Å²) in [5, 5.41) is 3.05. The van der Waals surface area contributed by atoms with Crippen LogP contribution in [0.2, 0.25) is 0 Å². The molecule has 0 fully saturated rings. The average molecular weight is 324 g/mol. The molecule has 0 saturated heterocycles. The van der Waals surface area contributed by atoms with Gasteiger partial charge in [0.2, 0.25) is 0 Å². The van der Waals surface area contributed by atoms with E-state index in [4.69, 9.17) is 4.42 Å². The molecule has 0 radical (unpaired) electrons. The SMILES string of the molecule is CC(C)CN(CCN(C)C)C(=O)NCC(c1ccco1)N(C)C. The van der Waals surface area contributed by atoms with Crippen molar-refractivity contribution in [3.63, 3.8) is 0 Å². The Morgan fingerprint density at radius 2 is 1.91 bits per heavy atom. The van der Waals surface area contributed by atoms with E-state index >= 15 is 0 Å². The second-order valence-corrected chi connectivity index (χ2v) is 6.82. The van der Waals surface area contributed by atoms with Crippen molar-refractivity contribution < 1.29 is 9.21 Å². The summed E-state index contributed by atoms with van der Waals surface area (Å²) in [5.74, 6) is 1.30. The van der Waals surface area contributed by atoms with Gasteiger partial charge in [-0.25, -0.2) is 4.79 Å². The van der Waals surface area contributed by atoms with Gasteiger partial charge in [0.15, 0.2) is 0 Å². The van der Waals surface area contributed by atoms with E-state index in [1.54, 1.807) is 6.26 Å². The third kappa shape index (κ3) is 7.05. The molecule has 1 unspecified atom stereocenters. The van der Waals surface area contributed by atoms with Gasteiger partial charge >= 0.3 is 6.03 Å². The highest BCUT2D eigenvalue weighted by Gasteiger charge is 2.20. The second kappa shape index (κ2) is 9.57. The number of rotatable bonds is 9. The van der Waals surface area contributed by atoms with Crippen molar-refractivity contribution in [2.24, 2.45) is 5.92 Å². The van der Waals surface area contributed by atoms with Gasteiger partial charge in [0.05, 0.1) is 12.3 Å². The van der Waals surface area contributed by atoms with Crippen molar-refractivity contribution in [3.8, 4) is 0 Å². The van der Waals surface area contributed by atoms with Crippen molar-refractivity contribution in [1.82, 2.24) is 20.0 Å². The third-order valence-electron chi connectivity index (χ3n) is 3.63. The normalized spacial score (nSPS) is 12.9. The zero-order valence-electron chi connectivity index (χ0n) is 15.4. The van der Waals surface area contributed by atoms with Crippen LogP contribution in [0.1, 0.15) is 25.6 Å². The van der Waals surface area contributed by atoms with E-state index in [-0.39, 0.29) is 12.1 Å². The van der Waals surface area contributed by atoms with E-state index in [9.17, 15) is 4.79 Å². The van der Waals surface area contributed by atoms with Crippen LogP contribution in [0, 0.1) is 5.92 Å². The minimum absolute atomic E-state index is 0.0149. The third-order valence-corrected chi connectivity index (χ3v) is 3.63. The van der Waals surface area contributed by atoms with Gasteiger partial charge in [0.25, 0.3) is 0 Å². The highest BCUT2D eigenvalue weighted by atomic mass is 16.3. The van der Waals surface area contributed by atoms with E-state index in [1.165, 1.54) is 0 Å². The molecule has 132 valence electrons. The number of nitrogens with one attached hydrogen (secondary N) is 1. The molecule has 0 saturated carbocycles. The quantitative estimate of drug-likeness (QED) is 0.756. The lowest BCUT2D eigenvalue weighted by Gasteiger charge is -2.28. The predicted molar refractivity (Wildman–Crippen MR) is 93.5 cm³/mol. The molecule has 23 heavy (non-hydrogen) atoms. The summed E-state index contributed by atoms with van der Waals surface area (Å²) in [6.07, 6.45) is 1.66. The minimum atomic E-state index is -0.0149. The summed E-state index contributed by atoms with van der Waals surface area (Å²) in [5.41, 5.74) is 0. The van der Waals surface area contributed by atoms with Crippen molar-refractivity contribution in [3.05, 3.63) is 24.2 Å². The first-order valence-corrected chi connectivity index (χ1v) is 8.18. The van der Waals surface area contributed by atoms with Crippen LogP contribution in [0.5, 0.6) is 0 Å². The highest BCUT2D eigenvalue weighted by Crippen LogP contribution is 2.17. The summed E-state index contributed by atoms with van der Waals surface area (Å²) in [4.78, 5) is 18.6. The first-order valence-electron chi connectivity index (χ1n) is 8.18. The van der Waals surface area contributed by atoms with Crippen LogP contribution in [0.15, 0.2) is 22.8 Å². The second-order valence-electron chi connectivity index (χ2n) is 6.82. The van der Waals surface area contributed by atoms with Gasteiger partial charge in [-0.15, -0.1) is 0 Å². The Hall–Kier alpha value is -1.53. The molecule has 1 N–H and O–H groups in total. The molecule has 0 aliphatic rings. The van der Waals surface area contributed by atoms with Gasteiger partial charge in [-0.05, 0) is 46.2 Å². The van der Waals surface area contributed by atoms with Crippen molar-refractivity contribution in [2.75, 3.05) is 54.4 Å². The first-order chi connectivity index (χ1) is 10.8. The molecule has 0 aliphatic heterocycles. The Morgan fingerprint density at radius 1 is 1.22 bits per heavy atom. The monoisotopic (exact) mass is 324 g/mol. The van der Waals surface area contributed by atoms with Gasteiger partial charge in [0, 0.05) is 26.2 Å². The largest absolute Gasteiger partial charge is 0.468 e. The molecule has 1 aromatic heterocycles. The van der Waals surface area contributed by atoms with Gasteiger partial charge in [-0.1, -0.05) is 13.8 Å². The molecular formula is C17H32N4O2. The predicted octanol–water partition coefficient (Wildman–Crippen LogP) is 2.11. The van der Waals surface area contributed by atoms with E-state index in [1.807, 2.05) is 50.1 Å². The van der Waals surface area contributed by atoms with Crippen LogP contribution in [-0.2, 0) is 0 Å². The van der Waals surface area contributed by atoms with Crippen LogP contribution in [0.25, 0.3) is 0 Å². The number of urea groups is 1. The number of carbonyl (C=O) groups excluding carboxylic acids is 1. The van der Waals surface area contributed by atoms with Gasteiger partial charge in [-0.3, -0.25) is 4.90 Å². The Labute approximate surface area is 140 Å².